The summed E-state index contributed by atoms with van der Waals surface area (Å²) in [6.45, 7) is 1.08. The molecule has 1 aromatic heterocycles. The Morgan fingerprint density at radius 1 is 1.07 bits per heavy atom. The normalized spacial score (nSPS) is 19.2. The number of ether oxygens (including phenoxy) is 1. The SMILES string of the molecule is CN(CC1CCC(c2nc3ccccc3n2C)CC1)C(=O)OCc1ccccc1. The topological polar surface area (TPSA) is 47.4 Å². The van der Waals surface area contributed by atoms with Crippen LogP contribution in [0.25, 0.3) is 11.0 Å². The van der Waals surface area contributed by atoms with Crippen molar-refractivity contribution in [2.24, 2.45) is 13.0 Å². The number of amides is 1. The number of hydrogen-bond acceptors (Lipinski definition) is 3. The number of benzene rings is 2. The first-order valence-corrected chi connectivity index (χ1v) is 10.4. The second-order valence-electron chi connectivity index (χ2n) is 8.16. The van der Waals surface area contributed by atoms with Gasteiger partial charge in [0.2, 0.25) is 0 Å². The van der Waals surface area contributed by atoms with E-state index < -0.39 is 0 Å². The highest BCUT2D eigenvalue weighted by molar-refractivity contribution is 5.75. The molecule has 4 rings (SSSR count). The minimum atomic E-state index is -0.244. The first-order chi connectivity index (χ1) is 14.1. The number of nitrogens with zero attached hydrogens (tertiary/aromatic N) is 3. The zero-order chi connectivity index (χ0) is 20.2. The molecule has 0 aliphatic heterocycles. The molecule has 1 aliphatic carbocycles. The minimum Gasteiger partial charge on any atom is -0.445 e. The Morgan fingerprint density at radius 2 is 1.76 bits per heavy atom. The fraction of sp³-hybridized carbons (Fsp3) is 0.417. The molecule has 29 heavy (non-hydrogen) atoms. The molecule has 1 fully saturated rings. The summed E-state index contributed by atoms with van der Waals surface area (Å²) in [6.07, 6.45) is 4.23. The van der Waals surface area contributed by atoms with Gasteiger partial charge in [-0.1, -0.05) is 42.5 Å². The molecule has 152 valence electrons. The number of carbonyl (C=O) groups is 1. The standard InChI is InChI=1S/C24H29N3O2/c1-26(24(28)29-17-19-8-4-3-5-9-19)16-18-12-14-20(15-13-18)23-25-21-10-6-7-11-22(21)27(23)2/h3-11,18,20H,12-17H2,1-2H3. The van der Waals surface area contributed by atoms with Gasteiger partial charge in [-0.2, -0.15) is 0 Å². The molecule has 0 spiro atoms. The van der Waals surface area contributed by atoms with Crippen molar-refractivity contribution in [3.8, 4) is 0 Å². The molecule has 0 radical (unpaired) electrons. The molecule has 2 aromatic carbocycles. The highest BCUT2D eigenvalue weighted by Crippen LogP contribution is 2.36. The van der Waals surface area contributed by atoms with Crippen LogP contribution in [0.2, 0.25) is 0 Å². The van der Waals surface area contributed by atoms with Crippen LogP contribution in [0.5, 0.6) is 0 Å². The highest BCUT2D eigenvalue weighted by atomic mass is 16.6. The monoisotopic (exact) mass is 391 g/mol. The van der Waals surface area contributed by atoms with Crippen molar-refractivity contribution in [2.75, 3.05) is 13.6 Å². The molecule has 0 saturated heterocycles. The average molecular weight is 392 g/mol. The summed E-state index contributed by atoms with van der Waals surface area (Å²) in [6, 6.07) is 18.1. The van der Waals surface area contributed by atoms with Gasteiger partial charge >= 0.3 is 6.09 Å². The zero-order valence-electron chi connectivity index (χ0n) is 17.3. The van der Waals surface area contributed by atoms with Crippen molar-refractivity contribution in [1.82, 2.24) is 14.5 Å². The van der Waals surface area contributed by atoms with E-state index in [2.05, 4.69) is 29.8 Å². The molecular formula is C24H29N3O2. The molecule has 0 atom stereocenters. The number of imidazole rings is 1. The number of hydrogen-bond donors (Lipinski definition) is 0. The molecule has 1 heterocycles. The molecule has 0 bridgehead atoms. The van der Waals surface area contributed by atoms with Crippen LogP contribution in [0, 0.1) is 5.92 Å². The van der Waals surface area contributed by atoms with Gasteiger partial charge in [-0.25, -0.2) is 9.78 Å². The van der Waals surface area contributed by atoms with E-state index in [4.69, 9.17) is 9.72 Å². The van der Waals surface area contributed by atoms with Crippen molar-refractivity contribution in [2.45, 2.75) is 38.2 Å². The fourth-order valence-electron chi connectivity index (χ4n) is 4.42. The van der Waals surface area contributed by atoms with E-state index in [9.17, 15) is 4.79 Å². The Labute approximate surface area is 172 Å². The van der Waals surface area contributed by atoms with E-state index in [1.807, 2.05) is 43.4 Å². The lowest BCUT2D eigenvalue weighted by molar-refractivity contribution is 0.0959. The molecule has 0 N–H and O–H groups in total. The largest absolute Gasteiger partial charge is 0.445 e. The second-order valence-corrected chi connectivity index (χ2v) is 8.16. The van der Waals surface area contributed by atoms with E-state index in [1.165, 1.54) is 11.3 Å². The van der Waals surface area contributed by atoms with E-state index >= 15 is 0 Å². The molecule has 5 heteroatoms. The van der Waals surface area contributed by atoms with Crippen molar-refractivity contribution < 1.29 is 9.53 Å². The fourth-order valence-corrected chi connectivity index (χ4v) is 4.42. The Hall–Kier alpha value is -2.82. The van der Waals surface area contributed by atoms with Crippen LogP contribution in [0.1, 0.15) is 43.0 Å². The predicted molar refractivity (Wildman–Crippen MR) is 115 cm³/mol. The number of para-hydroxylation sites is 2. The number of fused-ring (bicyclic) bond motifs is 1. The van der Waals surface area contributed by atoms with Crippen LogP contribution < -0.4 is 0 Å². The van der Waals surface area contributed by atoms with Crippen LogP contribution in [-0.2, 0) is 18.4 Å². The van der Waals surface area contributed by atoms with Gasteiger partial charge in [-0.3, -0.25) is 0 Å². The molecule has 1 amide bonds. The summed E-state index contributed by atoms with van der Waals surface area (Å²) in [5.74, 6) is 2.22. The summed E-state index contributed by atoms with van der Waals surface area (Å²) in [5.41, 5.74) is 3.29. The number of carbonyl (C=O) groups excluding carboxylic acids is 1. The highest BCUT2D eigenvalue weighted by Gasteiger charge is 2.27. The first-order valence-electron chi connectivity index (χ1n) is 10.4. The third kappa shape index (κ3) is 4.44. The number of rotatable bonds is 5. The molecule has 3 aromatic rings. The number of aromatic nitrogens is 2. The third-order valence-electron chi connectivity index (χ3n) is 6.08. The van der Waals surface area contributed by atoms with Crippen molar-refractivity contribution in [3.63, 3.8) is 0 Å². The van der Waals surface area contributed by atoms with Gasteiger partial charge in [0.05, 0.1) is 11.0 Å². The van der Waals surface area contributed by atoms with Gasteiger partial charge in [0.15, 0.2) is 0 Å². The second kappa shape index (κ2) is 8.68. The lowest BCUT2D eigenvalue weighted by atomic mass is 9.81. The van der Waals surface area contributed by atoms with Crippen LogP contribution >= 0.6 is 0 Å². The summed E-state index contributed by atoms with van der Waals surface area (Å²) < 4.78 is 7.69. The van der Waals surface area contributed by atoms with Crippen molar-refractivity contribution in [3.05, 3.63) is 66.0 Å². The molecule has 0 unspecified atom stereocenters. The van der Waals surface area contributed by atoms with E-state index in [0.717, 1.165) is 43.3 Å². The zero-order valence-corrected chi connectivity index (χ0v) is 17.3. The maximum absolute atomic E-state index is 12.3. The van der Waals surface area contributed by atoms with Gasteiger partial charge in [0.25, 0.3) is 0 Å². The quantitative estimate of drug-likeness (QED) is 0.607. The van der Waals surface area contributed by atoms with Gasteiger partial charge in [0.1, 0.15) is 12.4 Å². The Balaban J connectivity index is 1.28. The van der Waals surface area contributed by atoms with Gasteiger partial charge in [-0.15, -0.1) is 0 Å². The molecular weight excluding hydrogens is 362 g/mol. The predicted octanol–water partition coefficient (Wildman–Crippen LogP) is 5.12. The van der Waals surface area contributed by atoms with Crippen LogP contribution in [-0.4, -0.2) is 34.1 Å². The third-order valence-corrected chi connectivity index (χ3v) is 6.08. The van der Waals surface area contributed by atoms with E-state index in [-0.39, 0.29) is 6.09 Å². The van der Waals surface area contributed by atoms with E-state index in [1.54, 1.807) is 4.90 Å². The summed E-state index contributed by atoms with van der Waals surface area (Å²) >= 11 is 0. The lowest BCUT2D eigenvalue weighted by Gasteiger charge is -2.30. The van der Waals surface area contributed by atoms with E-state index in [0.29, 0.717) is 18.4 Å². The summed E-state index contributed by atoms with van der Waals surface area (Å²) in [4.78, 5) is 18.9. The van der Waals surface area contributed by atoms with Crippen LogP contribution in [0.15, 0.2) is 54.6 Å². The van der Waals surface area contributed by atoms with Crippen molar-refractivity contribution >= 4 is 17.1 Å². The average Bonchev–Trinajstić information content (AvgIpc) is 3.10. The Morgan fingerprint density at radius 3 is 2.48 bits per heavy atom. The maximum atomic E-state index is 12.3. The van der Waals surface area contributed by atoms with Crippen molar-refractivity contribution in [1.29, 1.82) is 0 Å². The summed E-state index contributed by atoms with van der Waals surface area (Å²) in [7, 11) is 3.96. The maximum Gasteiger partial charge on any atom is 0.409 e. The van der Waals surface area contributed by atoms with Crippen LogP contribution in [0.4, 0.5) is 4.79 Å². The smallest absolute Gasteiger partial charge is 0.409 e. The molecule has 5 nitrogen and oxygen atoms in total. The van der Waals surface area contributed by atoms with Gasteiger partial charge < -0.3 is 14.2 Å². The minimum absolute atomic E-state index is 0.244. The molecule has 1 aliphatic rings. The first kappa shape index (κ1) is 19.5. The Kier molecular flexibility index (Phi) is 5.84. The lowest BCUT2D eigenvalue weighted by Crippen LogP contribution is -2.33. The van der Waals surface area contributed by atoms with Crippen LogP contribution in [0.3, 0.4) is 0 Å². The molecule has 1 saturated carbocycles. The van der Waals surface area contributed by atoms with Gasteiger partial charge in [-0.05, 0) is 49.3 Å². The Bertz CT molecular complexity index is 959. The summed E-state index contributed by atoms with van der Waals surface area (Å²) in [5, 5.41) is 0. The number of aryl methyl sites for hydroxylation is 1. The van der Waals surface area contributed by atoms with Gasteiger partial charge in [0, 0.05) is 26.6 Å².